The number of hydrogen-bond acceptors (Lipinski definition) is 4. The van der Waals surface area contributed by atoms with E-state index in [1.807, 2.05) is 19.1 Å². The van der Waals surface area contributed by atoms with Gasteiger partial charge in [-0.05, 0) is 43.7 Å². The summed E-state index contributed by atoms with van der Waals surface area (Å²) < 4.78 is 14.4. The zero-order valence-corrected chi connectivity index (χ0v) is 17.1. The molecule has 0 atom stereocenters. The van der Waals surface area contributed by atoms with E-state index < -0.39 is 5.82 Å². The Morgan fingerprint density at radius 2 is 1.83 bits per heavy atom. The van der Waals surface area contributed by atoms with Gasteiger partial charge in [-0.15, -0.1) is 0 Å². The predicted molar refractivity (Wildman–Crippen MR) is 114 cm³/mol. The minimum Gasteiger partial charge on any atom is -0.376 e. The fraction of sp³-hybridized carbons (Fsp3) is 0.318. The number of amides is 3. The molecule has 7 nitrogen and oxygen atoms in total. The second-order valence-corrected chi connectivity index (χ2v) is 7.33. The van der Waals surface area contributed by atoms with Gasteiger partial charge in [-0.3, -0.25) is 14.4 Å². The Morgan fingerprint density at radius 3 is 2.47 bits per heavy atom. The Morgan fingerprint density at radius 1 is 1.13 bits per heavy atom. The maximum atomic E-state index is 14.4. The molecule has 3 rings (SSSR count). The first-order valence-electron chi connectivity index (χ1n) is 9.78. The summed E-state index contributed by atoms with van der Waals surface area (Å²) in [4.78, 5) is 38.9. The average Bonchev–Trinajstić information content (AvgIpc) is 3.13. The van der Waals surface area contributed by atoms with E-state index >= 15 is 0 Å². The van der Waals surface area contributed by atoms with Crippen LogP contribution in [0.2, 0.25) is 0 Å². The molecule has 0 radical (unpaired) electrons. The SMILES string of the molecule is Cc1ccc(NC(=O)CN(C)C(=O)CNc2ccc(N3CCCC3=O)c(F)c2)cc1. The summed E-state index contributed by atoms with van der Waals surface area (Å²) in [5.74, 6) is -1.22. The lowest BCUT2D eigenvalue weighted by Crippen LogP contribution is -2.38. The Labute approximate surface area is 174 Å². The first-order chi connectivity index (χ1) is 14.3. The third kappa shape index (κ3) is 5.34. The molecule has 0 aliphatic carbocycles. The molecule has 0 unspecified atom stereocenters. The van der Waals surface area contributed by atoms with E-state index in [9.17, 15) is 18.8 Å². The lowest BCUT2D eigenvalue weighted by atomic mass is 10.2. The maximum Gasteiger partial charge on any atom is 0.243 e. The number of benzene rings is 2. The molecular formula is C22H25FN4O3. The van der Waals surface area contributed by atoms with Gasteiger partial charge in [0.1, 0.15) is 5.82 Å². The molecule has 8 heteroatoms. The van der Waals surface area contributed by atoms with Gasteiger partial charge in [-0.25, -0.2) is 4.39 Å². The maximum absolute atomic E-state index is 14.4. The summed E-state index contributed by atoms with van der Waals surface area (Å²) in [6.07, 6.45) is 1.15. The Bertz CT molecular complexity index is 946. The molecule has 1 aliphatic rings. The van der Waals surface area contributed by atoms with Gasteiger partial charge in [0, 0.05) is 31.4 Å². The van der Waals surface area contributed by atoms with Crippen LogP contribution in [-0.2, 0) is 14.4 Å². The standard InChI is InChI=1S/C22H25FN4O3/c1-15-5-7-16(8-6-15)25-20(28)14-26(2)22(30)13-24-17-9-10-19(18(23)12-17)27-11-3-4-21(27)29/h5-10,12,24H,3-4,11,13-14H2,1-2H3,(H,25,28). The van der Waals surface area contributed by atoms with E-state index in [2.05, 4.69) is 10.6 Å². The number of carbonyl (C=O) groups excluding carboxylic acids is 3. The molecular weight excluding hydrogens is 387 g/mol. The number of hydrogen-bond donors (Lipinski definition) is 2. The third-order valence-electron chi connectivity index (χ3n) is 4.90. The normalized spacial score (nSPS) is 13.3. The molecule has 1 fully saturated rings. The minimum atomic E-state index is -0.520. The Balaban J connectivity index is 1.49. The zero-order chi connectivity index (χ0) is 21.7. The van der Waals surface area contributed by atoms with Crippen LogP contribution >= 0.6 is 0 Å². The fourth-order valence-electron chi connectivity index (χ4n) is 3.19. The van der Waals surface area contributed by atoms with Crippen LogP contribution in [0.3, 0.4) is 0 Å². The van der Waals surface area contributed by atoms with E-state index in [4.69, 9.17) is 0 Å². The first-order valence-corrected chi connectivity index (χ1v) is 9.78. The van der Waals surface area contributed by atoms with Crippen molar-refractivity contribution in [3.8, 4) is 0 Å². The Kier molecular flexibility index (Phi) is 6.66. The number of halogens is 1. The highest BCUT2D eigenvalue weighted by molar-refractivity contribution is 5.96. The molecule has 2 N–H and O–H groups in total. The number of aryl methyl sites for hydroxylation is 1. The minimum absolute atomic E-state index is 0.0876. The molecule has 2 aromatic carbocycles. The third-order valence-corrected chi connectivity index (χ3v) is 4.90. The summed E-state index contributed by atoms with van der Waals surface area (Å²) in [6, 6.07) is 11.8. The van der Waals surface area contributed by atoms with Crippen LogP contribution in [0.25, 0.3) is 0 Å². The van der Waals surface area contributed by atoms with Crippen molar-refractivity contribution in [2.45, 2.75) is 19.8 Å². The van der Waals surface area contributed by atoms with E-state index in [0.29, 0.717) is 24.3 Å². The van der Waals surface area contributed by atoms with Gasteiger partial charge < -0.3 is 20.4 Å². The summed E-state index contributed by atoms with van der Waals surface area (Å²) in [5, 5.41) is 5.60. The molecule has 0 saturated carbocycles. The predicted octanol–water partition coefficient (Wildman–Crippen LogP) is 2.77. The van der Waals surface area contributed by atoms with Gasteiger partial charge >= 0.3 is 0 Å². The van der Waals surface area contributed by atoms with Crippen molar-refractivity contribution < 1.29 is 18.8 Å². The van der Waals surface area contributed by atoms with Gasteiger partial charge in [-0.2, -0.15) is 0 Å². The summed E-state index contributed by atoms with van der Waals surface area (Å²) in [6.45, 7) is 2.28. The topological polar surface area (TPSA) is 81.8 Å². The molecule has 1 aliphatic heterocycles. The number of rotatable bonds is 7. The lowest BCUT2D eigenvalue weighted by Gasteiger charge is -2.19. The second-order valence-electron chi connectivity index (χ2n) is 7.33. The first kappa shape index (κ1) is 21.3. The number of likely N-dealkylation sites (N-methyl/N-ethyl adjacent to an activating group) is 1. The highest BCUT2D eigenvalue weighted by Gasteiger charge is 2.24. The van der Waals surface area contributed by atoms with Crippen molar-refractivity contribution in [1.82, 2.24) is 4.90 Å². The number of carbonyl (C=O) groups is 3. The van der Waals surface area contributed by atoms with Gasteiger partial charge in [0.2, 0.25) is 17.7 Å². The molecule has 0 aromatic heterocycles. The molecule has 1 saturated heterocycles. The van der Waals surface area contributed by atoms with Crippen LogP contribution in [0.5, 0.6) is 0 Å². The quantitative estimate of drug-likeness (QED) is 0.733. The number of nitrogens with zero attached hydrogens (tertiary/aromatic N) is 2. The van der Waals surface area contributed by atoms with Crippen molar-refractivity contribution in [3.05, 3.63) is 53.8 Å². The van der Waals surface area contributed by atoms with Crippen molar-refractivity contribution in [2.24, 2.45) is 0 Å². The van der Waals surface area contributed by atoms with E-state index in [-0.39, 0.29) is 36.5 Å². The molecule has 30 heavy (non-hydrogen) atoms. The van der Waals surface area contributed by atoms with E-state index in [1.165, 1.54) is 29.0 Å². The van der Waals surface area contributed by atoms with Gasteiger partial charge in [0.05, 0.1) is 18.8 Å². The smallest absolute Gasteiger partial charge is 0.243 e. The summed E-state index contributed by atoms with van der Waals surface area (Å²) in [7, 11) is 1.53. The highest BCUT2D eigenvalue weighted by Crippen LogP contribution is 2.26. The molecule has 3 amide bonds. The van der Waals surface area contributed by atoms with Crippen LogP contribution in [0.15, 0.2) is 42.5 Å². The fourth-order valence-corrected chi connectivity index (χ4v) is 3.19. The molecule has 1 heterocycles. The van der Waals surface area contributed by atoms with Crippen LogP contribution in [0, 0.1) is 12.7 Å². The largest absolute Gasteiger partial charge is 0.376 e. The molecule has 158 valence electrons. The van der Waals surface area contributed by atoms with Crippen molar-refractivity contribution in [2.75, 3.05) is 42.2 Å². The monoisotopic (exact) mass is 412 g/mol. The van der Waals surface area contributed by atoms with Crippen LogP contribution in [0.4, 0.5) is 21.5 Å². The molecule has 2 aromatic rings. The van der Waals surface area contributed by atoms with Crippen LogP contribution < -0.4 is 15.5 Å². The zero-order valence-electron chi connectivity index (χ0n) is 17.1. The average molecular weight is 412 g/mol. The lowest BCUT2D eigenvalue weighted by molar-refractivity contribution is -0.131. The van der Waals surface area contributed by atoms with Gasteiger partial charge in [0.15, 0.2) is 0 Å². The summed E-state index contributed by atoms with van der Waals surface area (Å²) in [5.41, 5.74) is 2.42. The summed E-state index contributed by atoms with van der Waals surface area (Å²) >= 11 is 0. The second kappa shape index (κ2) is 9.39. The van der Waals surface area contributed by atoms with E-state index in [0.717, 1.165) is 12.0 Å². The van der Waals surface area contributed by atoms with Crippen molar-refractivity contribution in [3.63, 3.8) is 0 Å². The van der Waals surface area contributed by atoms with Crippen LogP contribution in [-0.4, -0.2) is 49.3 Å². The number of nitrogens with one attached hydrogen (secondary N) is 2. The Hall–Kier alpha value is -3.42. The molecule has 0 spiro atoms. The molecule has 0 bridgehead atoms. The van der Waals surface area contributed by atoms with Crippen LogP contribution in [0.1, 0.15) is 18.4 Å². The van der Waals surface area contributed by atoms with Gasteiger partial charge in [-0.1, -0.05) is 17.7 Å². The highest BCUT2D eigenvalue weighted by atomic mass is 19.1. The van der Waals surface area contributed by atoms with Crippen molar-refractivity contribution >= 4 is 34.8 Å². The van der Waals surface area contributed by atoms with E-state index in [1.54, 1.807) is 18.2 Å². The van der Waals surface area contributed by atoms with Crippen molar-refractivity contribution in [1.29, 1.82) is 0 Å². The van der Waals surface area contributed by atoms with Gasteiger partial charge in [0.25, 0.3) is 0 Å². The number of anilines is 3.